The van der Waals surface area contributed by atoms with Crippen molar-refractivity contribution in [3.8, 4) is 11.1 Å². The molecule has 1 fully saturated rings. The number of rotatable bonds is 4. The van der Waals surface area contributed by atoms with Gasteiger partial charge in [0.05, 0.1) is 23.0 Å². The lowest BCUT2D eigenvalue weighted by Gasteiger charge is -2.33. The maximum atomic E-state index is 13.2. The Morgan fingerprint density at radius 2 is 2.03 bits per heavy atom. The molecule has 8 heteroatoms. The van der Waals surface area contributed by atoms with Gasteiger partial charge in [0.1, 0.15) is 0 Å². The third-order valence-corrected chi connectivity index (χ3v) is 6.34. The second kappa shape index (κ2) is 8.22. The van der Waals surface area contributed by atoms with E-state index in [4.69, 9.17) is 11.1 Å². The van der Waals surface area contributed by atoms with E-state index in [1.54, 1.807) is 10.6 Å². The molecule has 4 rings (SSSR count). The van der Waals surface area contributed by atoms with Crippen LogP contribution in [0.4, 0.5) is 10.1 Å². The normalized spacial score (nSPS) is 19.9. The summed E-state index contributed by atoms with van der Waals surface area (Å²) in [5.74, 6) is -0.471. The smallest absolute Gasteiger partial charge is 0.252 e. The van der Waals surface area contributed by atoms with Gasteiger partial charge in [-0.05, 0) is 49.1 Å². The molecular formula is C22H27FN6O. The first kappa shape index (κ1) is 21.4. The summed E-state index contributed by atoms with van der Waals surface area (Å²) < 4.78 is 14.9. The predicted octanol–water partition coefficient (Wildman–Crippen LogP) is 4.14. The SMILES string of the molecule is C=N.C[C@H]1CC[C@@H](Nc2c(C(N)=O)cnn3cc(-c4ccc(F)nc4)cc23)C1(C)C. The monoisotopic (exact) mass is 410 g/mol. The molecule has 1 amide bonds. The van der Waals surface area contributed by atoms with Crippen LogP contribution in [0.1, 0.15) is 44.0 Å². The second-order valence-corrected chi connectivity index (χ2v) is 8.22. The first-order valence-corrected chi connectivity index (χ1v) is 9.82. The molecule has 2 atom stereocenters. The van der Waals surface area contributed by atoms with E-state index in [2.05, 4.69) is 42.9 Å². The maximum Gasteiger partial charge on any atom is 0.252 e. The first-order valence-electron chi connectivity index (χ1n) is 9.82. The number of primary amides is 1. The summed E-state index contributed by atoms with van der Waals surface area (Å²) in [6, 6.07) is 5.13. The van der Waals surface area contributed by atoms with Gasteiger partial charge in [0.2, 0.25) is 5.95 Å². The molecule has 0 radical (unpaired) electrons. The largest absolute Gasteiger partial charge is 0.379 e. The number of nitrogens with zero attached hydrogens (tertiary/aromatic N) is 3. The van der Waals surface area contributed by atoms with Crippen LogP contribution in [-0.2, 0) is 0 Å². The number of amides is 1. The van der Waals surface area contributed by atoms with Crippen molar-refractivity contribution in [2.24, 2.45) is 17.1 Å². The van der Waals surface area contributed by atoms with Gasteiger partial charge < -0.3 is 16.5 Å². The molecule has 0 unspecified atom stereocenters. The fourth-order valence-corrected chi connectivity index (χ4v) is 4.04. The topological polar surface area (TPSA) is 109 Å². The van der Waals surface area contributed by atoms with E-state index in [-0.39, 0.29) is 11.5 Å². The zero-order valence-corrected chi connectivity index (χ0v) is 17.4. The minimum atomic E-state index is -0.526. The lowest BCUT2D eigenvalue weighted by Crippen LogP contribution is -2.35. The van der Waals surface area contributed by atoms with Gasteiger partial charge in [0, 0.05) is 29.6 Å². The minimum Gasteiger partial charge on any atom is -0.379 e. The van der Waals surface area contributed by atoms with Gasteiger partial charge in [-0.2, -0.15) is 9.49 Å². The molecule has 0 aliphatic heterocycles. The van der Waals surface area contributed by atoms with Crippen molar-refractivity contribution in [2.75, 3.05) is 5.32 Å². The molecule has 0 aromatic carbocycles. The van der Waals surface area contributed by atoms with E-state index in [1.165, 1.54) is 18.5 Å². The van der Waals surface area contributed by atoms with E-state index in [0.29, 0.717) is 17.2 Å². The fourth-order valence-electron chi connectivity index (χ4n) is 4.04. The quantitative estimate of drug-likeness (QED) is 0.444. The summed E-state index contributed by atoms with van der Waals surface area (Å²) in [6.07, 6.45) is 6.97. The van der Waals surface area contributed by atoms with Crippen LogP contribution in [0.25, 0.3) is 16.6 Å². The minimum absolute atomic E-state index is 0.0888. The number of pyridine rings is 1. The van der Waals surface area contributed by atoms with E-state index in [0.717, 1.165) is 29.5 Å². The predicted molar refractivity (Wildman–Crippen MR) is 116 cm³/mol. The lowest BCUT2D eigenvalue weighted by molar-refractivity contribution is 0.100. The van der Waals surface area contributed by atoms with Crippen LogP contribution in [0.15, 0.2) is 36.8 Å². The van der Waals surface area contributed by atoms with Crippen molar-refractivity contribution in [3.05, 3.63) is 48.3 Å². The molecule has 3 aromatic heterocycles. The molecule has 1 aliphatic carbocycles. The van der Waals surface area contributed by atoms with Crippen molar-refractivity contribution in [1.29, 1.82) is 5.41 Å². The standard InChI is InChI=1S/C21H24FN5O.CH3N/c1-12-4-6-17(21(12,2)3)26-19-15(20(23)28)10-25-27-11-14(8-16(19)27)13-5-7-18(22)24-9-13;1-2/h5,7-12,17,26H,4,6H2,1-3H3,(H2,23,28);2H,1H2/t12-,17+;/m0./s1. The molecule has 0 spiro atoms. The van der Waals surface area contributed by atoms with Crippen molar-refractivity contribution in [2.45, 2.75) is 39.7 Å². The highest BCUT2D eigenvalue weighted by molar-refractivity contribution is 6.02. The molecule has 7 nitrogen and oxygen atoms in total. The first-order chi connectivity index (χ1) is 14.3. The van der Waals surface area contributed by atoms with E-state index < -0.39 is 11.9 Å². The number of aromatic nitrogens is 3. The van der Waals surface area contributed by atoms with E-state index >= 15 is 0 Å². The molecular weight excluding hydrogens is 383 g/mol. The fraction of sp³-hybridized carbons (Fsp3) is 0.364. The van der Waals surface area contributed by atoms with Gasteiger partial charge in [-0.15, -0.1) is 0 Å². The highest BCUT2D eigenvalue weighted by atomic mass is 19.1. The highest BCUT2D eigenvalue weighted by Gasteiger charge is 2.41. The third-order valence-electron chi connectivity index (χ3n) is 6.34. The van der Waals surface area contributed by atoms with E-state index in [9.17, 15) is 9.18 Å². The number of anilines is 1. The van der Waals surface area contributed by atoms with Crippen LogP contribution < -0.4 is 11.1 Å². The summed E-state index contributed by atoms with van der Waals surface area (Å²) in [4.78, 5) is 15.8. The number of halogens is 1. The van der Waals surface area contributed by atoms with Gasteiger partial charge in [0.25, 0.3) is 5.91 Å². The molecule has 30 heavy (non-hydrogen) atoms. The Kier molecular flexibility index (Phi) is 5.87. The second-order valence-electron chi connectivity index (χ2n) is 8.22. The Bertz CT molecular complexity index is 1060. The summed E-state index contributed by atoms with van der Waals surface area (Å²) in [7, 11) is 0. The van der Waals surface area contributed by atoms with Gasteiger partial charge in [-0.1, -0.05) is 20.8 Å². The molecule has 1 saturated carbocycles. The average Bonchev–Trinajstić information content (AvgIpc) is 3.26. The molecule has 3 heterocycles. The molecule has 1 aliphatic rings. The summed E-state index contributed by atoms with van der Waals surface area (Å²) in [5.41, 5.74) is 9.14. The van der Waals surface area contributed by atoms with Gasteiger partial charge in [-0.3, -0.25) is 4.79 Å². The van der Waals surface area contributed by atoms with Crippen LogP contribution in [0.3, 0.4) is 0 Å². The highest BCUT2D eigenvalue weighted by Crippen LogP contribution is 2.44. The summed E-state index contributed by atoms with van der Waals surface area (Å²) in [6.45, 7) is 9.26. The Morgan fingerprint density at radius 1 is 1.30 bits per heavy atom. The number of nitrogens with one attached hydrogen (secondary N) is 2. The van der Waals surface area contributed by atoms with Crippen molar-refractivity contribution < 1.29 is 9.18 Å². The number of fused-ring (bicyclic) bond motifs is 1. The van der Waals surface area contributed by atoms with Gasteiger partial charge in [-0.25, -0.2) is 9.50 Å². The number of nitrogens with two attached hydrogens (primary N) is 1. The Labute approximate surface area is 175 Å². The van der Waals surface area contributed by atoms with Gasteiger partial charge in [0.15, 0.2) is 0 Å². The molecule has 0 bridgehead atoms. The molecule has 3 aromatic rings. The zero-order chi connectivity index (χ0) is 22.1. The van der Waals surface area contributed by atoms with E-state index in [1.807, 2.05) is 12.3 Å². The van der Waals surface area contributed by atoms with Crippen LogP contribution in [0.5, 0.6) is 0 Å². The molecule has 158 valence electrons. The van der Waals surface area contributed by atoms with Crippen molar-refractivity contribution in [1.82, 2.24) is 14.6 Å². The average molecular weight is 410 g/mol. The third kappa shape index (κ3) is 3.77. The molecule has 0 saturated heterocycles. The number of carbonyl (C=O) groups is 1. The maximum absolute atomic E-state index is 13.2. The lowest BCUT2D eigenvalue weighted by atomic mass is 9.80. The summed E-state index contributed by atoms with van der Waals surface area (Å²) >= 11 is 0. The zero-order valence-electron chi connectivity index (χ0n) is 17.4. The number of carbonyl (C=O) groups excluding carboxylic acids is 1. The van der Waals surface area contributed by atoms with Crippen LogP contribution in [0, 0.1) is 22.7 Å². The van der Waals surface area contributed by atoms with Crippen LogP contribution >= 0.6 is 0 Å². The van der Waals surface area contributed by atoms with Crippen LogP contribution in [0.2, 0.25) is 0 Å². The van der Waals surface area contributed by atoms with Crippen molar-refractivity contribution >= 4 is 23.8 Å². The number of hydrogen-bond donors (Lipinski definition) is 3. The summed E-state index contributed by atoms with van der Waals surface area (Å²) in [5, 5.41) is 13.4. The Hall–Kier alpha value is -3.29. The van der Waals surface area contributed by atoms with Gasteiger partial charge >= 0.3 is 0 Å². The Morgan fingerprint density at radius 3 is 2.60 bits per heavy atom. The number of hydrogen-bond acceptors (Lipinski definition) is 5. The molecule has 4 N–H and O–H groups in total. The van der Waals surface area contributed by atoms with Crippen LogP contribution in [-0.4, -0.2) is 33.3 Å². The Balaban J connectivity index is 0.00000124. The van der Waals surface area contributed by atoms with Crippen molar-refractivity contribution in [3.63, 3.8) is 0 Å².